The van der Waals surface area contributed by atoms with Crippen molar-refractivity contribution in [2.45, 2.75) is 0 Å². The van der Waals surface area contributed by atoms with Gasteiger partial charge in [0.1, 0.15) is 15.8 Å². The molecule has 0 spiro atoms. The number of aromatic nitrogens is 1. The average Bonchev–Trinajstić information content (AvgIpc) is 3.03. The molecule has 1 aromatic heterocycles. The van der Waals surface area contributed by atoms with Gasteiger partial charge in [-0.3, -0.25) is 25.7 Å². The Morgan fingerprint density at radius 3 is 2.52 bits per heavy atom. The van der Waals surface area contributed by atoms with E-state index in [9.17, 15) is 20.2 Å². The summed E-state index contributed by atoms with van der Waals surface area (Å²) in [4.78, 5) is 25.3. The highest BCUT2D eigenvalue weighted by molar-refractivity contribution is 7.17. The second kappa shape index (κ2) is 7.89. The third kappa shape index (κ3) is 4.25. The molecule has 0 aliphatic heterocycles. The number of nitro groups is 2. The van der Waals surface area contributed by atoms with Gasteiger partial charge in [-0.2, -0.15) is 5.10 Å². The molecule has 11 heteroatoms. The van der Waals surface area contributed by atoms with Crippen LogP contribution in [0.4, 0.5) is 17.1 Å². The molecule has 9 nitrogen and oxygen atoms in total. The predicted octanol–water partition coefficient (Wildman–Crippen LogP) is 4.73. The Bertz CT molecular complexity index is 1040. The lowest BCUT2D eigenvalue weighted by Gasteiger charge is -2.01. The molecule has 0 bridgehead atoms. The molecule has 136 valence electrons. The lowest BCUT2D eigenvalue weighted by atomic mass is 10.2. The number of thiazole rings is 1. The molecule has 0 radical (unpaired) electrons. The number of hydrazone groups is 1. The summed E-state index contributed by atoms with van der Waals surface area (Å²) in [5.74, 6) is 0. The van der Waals surface area contributed by atoms with Crippen molar-refractivity contribution in [1.82, 2.24) is 4.98 Å². The van der Waals surface area contributed by atoms with Gasteiger partial charge >= 0.3 is 5.69 Å². The van der Waals surface area contributed by atoms with Gasteiger partial charge in [-0.1, -0.05) is 41.9 Å². The van der Waals surface area contributed by atoms with Crippen LogP contribution in [0.2, 0.25) is 5.15 Å². The summed E-state index contributed by atoms with van der Waals surface area (Å²) in [5.41, 5.74) is 2.60. The Hall–Kier alpha value is -3.37. The van der Waals surface area contributed by atoms with E-state index >= 15 is 0 Å². The number of nitrogens with zero attached hydrogens (tertiary/aromatic N) is 4. The fraction of sp³-hybridized carbons (Fsp3) is 0. The van der Waals surface area contributed by atoms with Crippen LogP contribution in [0.25, 0.3) is 10.6 Å². The van der Waals surface area contributed by atoms with Crippen molar-refractivity contribution in [2.24, 2.45) is 5.10 Å². The van der Waals surface area contributed by atoms with E-state index in [-0.39, 0.29) is 16.5 Å². The van der Waals surface area contributed by atoms with Crippen molar-refractivity contribution >= 4 is 46.2 Å². The third-order valence-electron chi connectivity index (χ3n) is 3.39. The summed E-state index contributed by atoms with van der Waals surface area (Å²) in [7, 11) is 0. The van der Waals surface area contributed by atoms with Gasteiger partial charge in [0.05, 0.1) is 27.0 Å². The highest BCUT2D eigenvalue weighted by atomic mass is 35.5. The molecule has 0 aliphatic rings. The van der Waals surface area contributed by atoms with E-state index in [0.29, 0.717) is 9.88 Å². The highest BCUT2D eigenvalue weighted by Gasteiger charge is 2.19. The number of non-ortho nitro benzene ring substituents is 1. The van der Waals surface area contributed by atoms with E-state index in [0.717, 1.165) is 17.7 Å². The average molecular weight is 404 g/mol. The number of anilines is 1. The van der Waals surface area contributed by atoms with Crippen LogP contribution in [0.5, 0.6) is 0 Å². The zero-order chi connectivity index (χ0) is 19.4. The zero-order valence-corrected chi connectivity index (χ0v) is 15.0. The topological polar surface area (TPSA) is 124 Å². The van der Waals surface area contributed by atoms with Gasteiger partial charge in [-0.25, -0.2) is 4.98 Å². The summed E-state index contributed by atoms with van der Waals surface area (Å²) < 4.78 is 0. The molecule has 0 saturated heterocycles. The van der Waals surface area contributed by atoms with Crippen molar-refractivity contribution in [1.29, 1.82) is 0 Å². The Labute approximate surface area is 161 Å². The Morgan fingerprint density at radius 1 is 1.11 bits per heavy atom. The van der Waals surface area contributed by atoms with Crippen LogP contribution in [0.1, 0.15) is 4.88 Å². The van der Waals surface area contributed by atoms with Crippen molar-refractivity contribution in [2.75, 3.05) is 5.43 Å². The monoisotopic (exact) mass is 403 g/mol. The first-order chi connectivity index (χ1) is 13.0. The van der Waals surface area contributed by atoms with Gasteiger partial charge in [-0.05, 0) is 6.07 Å². The number of hydrogen-bond donors (Lipinski definition) is 1. The highest BCUT2D eigenvalue weighted by Crippen LogP contribution is 2.31. The molecule has 0 amide bonds. The van der Waals surface area contributed by atoms with Gasteiger partial charge in [0.2, 0.25) is 0 Å². The maximum atomic E-state index is 11.1. The smallest absolute Gasteiger partial charge is 0.272 e. The first-order valence-electron chi connectivity index (χ1n) is 7.39. The largest absolute Gasteiger partial charge is 0.301 e. The van der Waals surface area contributed by atoms with Gasteiger partial charge in [0.15, 0.2) is 0 Å². The molecule has 0 unspecified atom stereocenters. The van der Waals surface area contributed by atoms with Crippen LogP contribution in [-0.2, 0) is 0 Å². The number of halogens is 1. The Kier molecular flexibility index (Phi) is 5.38. The maximum Gasteiger partial charge on any atom is 0.301 e. The normalized spacial score (nSPS) is 10.9. The standard InChI is InChI=1S/C16H10ClN5O4S/c17-15-14(27-16(19-15)10-4-2-1-3-5-10)9-18-20-12-7-6-11(21(23)24)8-13(12)22(25)26/h1-9,20H. The van der Waals surface area contributed by atoms with E-state index in [1.807, 2.05) is 30.3 Å². The number of hydrogen-bond acceptors (Lipinski definition) is 8. The zero-order valence-electron chi connectivity index (χ0n) is 13.4. The molecule has 1 heterocycles. The van der Waals surface area contributed by atoms with Gasteiger partial charge in [-0.15, -0.1) is 11.3 Å². The minimum atomic E-state index is -0.724. The third-order valence-corrected chi connectivity index (χ3v) is 4.83. The van der Waals surface area contributed by atoms with Crippen LogP contribution < -0.4 is 5.43 Å². The molecular formula is C16H10ClN5O4S. The van der Waals surface area contributed by atoms with Crippen molar-refractivity contribution < 1.29 is 9.85 Å². The van der Waals surface area contributed by atoms with Crippen molar-refractivity contribution in [3.05, 3.63) is 78.8 Å². The van der Waals surface area contributed by atoms with Gasteiger partial charge < -0.3 is 0 Å². The molecule has 2 aromatic carbocycles. The van der Waals surface area contributed by atoms with Crippen LogP contribution in [0.15, 0.2) is 53.6 Å². The minimum Gasteiger partial charge on any atom is -0.272 e. The Morgan fingerprint density at radius 2 is 1.85 bits per heavy atom. The first kappa shape index (κ1) is 18.4. The fourth-order valence-corrected chi connectivity index (χ4v) is 3.27. The lowest BCUT2D eigenvalue weighted by Crippen LogP contribution is -1.98. The summed E-state index contributed by atoms with van der Waals surface area (Å²) in [6, 6.07) is 12.7. The molecule has 1 N–H and O–H groups in total. The molecule has 0 saturated carbocycles. The quantitative estimate of drug-likeness (QED) is 0.360. The maximum absolute atomic E-state index is 11.1. The molecule has 0 aliphatic carbocycles. The molecule has 3 rings (SSSR count). The fourth-order valence-electron chi connectivity index (χ4n) is 2.14. The van der Waals surface area contributed by atoms with Crippen molar-refractivity contribution in [3.8, 4) is 10.6 Å². The summed E-state index contributed by atoms with van der Waals surface area (Å²) >= 11 is 7.42. The number of rotatable bonds is 6. The van der Waals surface area contributed by atoms with Crippen molar-refractivity contribution in [3.63, 3.8) is 0 Å². The van der Waals surface area contributed by atoms with E-state index in [4.69, 9.17) is 11.6 Å². The van der Waals surface area contributed by atoms with Gasteiger partial charge in [0, 0.05) is 11.6 Å². The molecular weight excluding hydrogens is 394 g/mol. The van der Waals surface area contributed by atoms with E-state index in [1.165, 1.54) is 23.6 Å². The number of nitro benzene ring substituents is 2. The minimum absolute atomic E-state index is 0.0192. The van der Waals surface area contributed by atoms with Crippen LogP contribution in [-0.4, -0.2) is 21.0 Å². The molecule has 3 aromatic rings. The van der Waals surface area contributed by atoms with Crippen LogP contribution in [0, 0.1) is 20.2 Å². The SMILES string of the molecule is O=[N+]([O-])c1ccc(NN=Cc2sc(-c3ccccc3)nc2Cl)c([N+](=O)[O-])c1. The molecule has 27 heavy (non-hydrogen) atoms. The van der Waals surface area contributed by atoms with E-state index in [2.05, 4.69) is 15.5 Å². The van der Waals surface area contributed by atoms with Crippen LogP contribution in [0.3, 0.4) is 0 Å². The van der Waals surface area contributed by atoms with Gasteiger partial charge in [0.25, 0.3) is 5.69 Å². The first-order valence-corrected chi connectivity index (χ1v) is 8.59. The summed E-state index contributed by atoms with van der Waals surface area (Å²) in [6.07, 6.45) is 1.39. The predicted molar refractivity (Wildman–Crippen MR) is 104 cm³/mol. The number of nitrogens with one attached hydrogen (secondary N) is 1. The summed E-state index contributed by atoms with van der Waals surface area (Å²) in [5, 5.41) is 26.8. The molecule has 0 atom stereocenters. The summed E-state index contributed by atoms with van der Waals surface area (Å²) in [6.45, 7) is 0. The Balaban J connectivity index is 1.81. The number of benzene rings is 2. The van der Waals surface area contributed by atoms with E-state index < -0.39 is 15.5 Å². The molecule has 0 fully saturated rings. The van der Waals surface area contributed by atoms with E-state index in [1.54, 1.807) is 0 Å². The second-order valence-corrected chi connectivity index (χ2v) is 6.51. The second-order valence-electron chi connectivity index (χ2n) is 5.13. The van der Waals surface area contributed by atoms with Crippen LogP contribution >= 0.6 is 22.9 Å². The lowest BCUT2D eigenvalue weighted by molar-refractivity contribution is -0.393.